The van der Waals surface area contributed by atoms with Crippen molar-refractivity contribution in [1.29, 1.82) is 0 Å². The zero-order chi connectivity index (χ0) is 10.1. The maximum Gasteiger partial charge on any atom is 0.208 e. The van der Waals surface area contributed by atoms with Gasteiger partial charge in [0.15, 0.2) is 5.75 Å². The van der Waals surface area contributed by atoms with Crippen LogP contribution in [0, 0.1) is 6.92 Å². The standard InChI is InChI=1S/C10H8BrNO2/c1-6-9(13)10(14-12-6)7-2-4-8(11)5-3-7/h2-5,13H,1H3. The van der Waals surface area contributed by atoms with Crippen LogP contribution in [-0.4, -0.2) is 10.3 Å². The van der Waals surface area contributed by atoms with E-state index in [9.17, 15) is 5.11 Å². The molecule has 0 spiro atoms. The molecule has 0 fully saturated rings. The fraction of sp³-hybridized carbons (Fsp3) is 0.100. The summed E-state index contributed by atoms with van der Waals surface area (Å²) in [5, 5.41) is 13.3. The van der Waals surface area contributed by atoms with E-state index >= 15 is 0 Å². The number of hydrogen-bond donors (Lipinski definition) is 1. The second-order valence-electron chi connectivity index (χ2n) is 2.95. The summed E-state index contributed by atoms with van der Waals surface area (Å²) in [6, 6.07) is 7.47. The van der Waals surface area contributed by atoms with E-state index in [-0.39, 0.29) is 5.75 Å². The van der Waals surface area contributed by atoms with Gasteiger partial charge in [0, 0.05) is 10.0 Å². The Morgan fingerprint density at radius 2 is 1.93 bits per heavy atom. The first-order valence-corrected chi connectivity index (χ1v) is 4.89. The summed E-state index contributed by atoms with van der Waals surface area (Å²) >= 11 is 3.33. The maximum absolute atomic E-state index is 9.59. The Morgan fingerprint density at radius 3 is 2.43 bits per heavy atom. The van der Waals surface area contributed by atoms with Crippen LogP contribution in [0.3, 0.4) is 0 Å². The largest absolute Gasteiger partial charge is 0.503 e. The van der Waals surface area contributed by atoms with Crippen molar-refractivity contribution in [1.82, 2.24) is 5.16 Å². The number of hydrogen-bond acceptors (Lipinski definition) is 3. The van der Waals surface area contributed by atoms with Crippen LogP contribution in [0.1, 0.15) is 5.69 Å². The van der Waals surface area contributed by atoms with Crippen LogP contribution < -0.4 is 0 Å². The van der Waals surface area contributed by atoms with Crippen LogP contribution in [-0.2, 0) is 0 Å². The van der Waals surface area contributed by atoms with E-state index in [1.165, 1.54) is 0 Å². The average molecular weight is 254 g/mol. The maximum atomic E-state index is 9.59. The van der Waals surface area contributed by atoms with Crippen molar-refractivity contribution >= 4 is 15.9 Å². The highest BCUT2D eigenvalue weighted by Gasteiger charge is 2.12. The van der Waals surface area contributed by atoms with E-state index in [1.54, 1.807) is 6.92 Å². The van der Waals surface area contributed by atoms with Crippen LogP contribution in [0.2, 0.25) is 0 Å². The normalized spacial score (nSPS) is 10.4. The van der Waals surface area contributed by atoms with Gasteiger partial charge in [0.25, 0.3) is 0 Å². The van der Waals surface area contributed by atoms with E-state index in [4.69, 9.17) is 4.52 Å². The fourth-order valence-corrected chi connectivity index (χ4v) is 1.42. The third-order valence-corrected chi connectivity index (χ3v) is 2.47. The van der Waals surface area contributed by atoms with Gasteiger partial charge in [-0.2, -0.15) is 0 Å². The van der Waals surface area contributed by atoms with Gasteiger partial charge < -0.3 is 9.63 Å². The Balaban J connectivity index is 2.49. The highest BCUT2D eigenvalue weighted by Crippen LogP contribution is 2.32. The van der Waals surface area contributed by atoms with E-state index in [2.05, 4.69) is 21.1 Å². The topological polar surface area (TPSA) is 46.3 Å². The molecule has 0 aliphatic carbocycles. The fourth-order valence-electron chi connectivity index (χ4n) is 1.16. The first-order chi connectivity index (χ1) is 6.68. The first kappa shape index (κ1) is 9.27. The van der Waals surface area contributed by atoms with Gasteiger partial charge in [-0.15, -0.1) is 0 Å². The molecule has 0 saturated carbocycles. The molecule has 4 heteroatoms. The van der Waals surface area contributed by atoms with Gasteiger partial charge in [0.1, 0.15) is 5.69 Å². The molecule has 72 valence electrons. The zero-order valence-corrected chi connectivity index (χ0v) is 9.08. The molecule has 0 amide bonds. The molecule has 2 rings (SSSR count). The predicted molar refractivity (Wildman–Crippen MR) is 56.0 cm³/mol. The molecule has 3 nitrogen and oxygen atoms in total. The van der Waals surface area contributed by atoms with Crippen molar-refractivity contribution in [2.45, 2.75) is 6.92 Å². The minimum atomic E-state index is 0.104. The highest BCUT2D eigenvalue weighted by atomic mass is 79.9. The Bertz CT molecular complexity index is 448. The molecule has 0 aliphatic heterocycles. The summed E-state index contributed by atoms with van der Waals surface area (Å²) in [6.07, 6.45) is 0. The highest BCUT2D eigenvalue weighted by molar-refractivity contribution is 9.10. The monoisotopic (exact) mass is 253 g/mol. The minimum absolute atomic E-state index is 0.104. The van der Waals surface area contributed by atoms with E-state index in [0.29, 0.717) is 11.5 Å². The lowest BCUT2D eigenvalue weighted by molar-refractivity contribution is 0.420. The Hall–Kier alpha value is -1.29. The molecule has 0 atom stereocenters. The third-order valence-electron chi connectivity index (χ3n) is 1.94. The number of rotatable bonds is 1. The SMILES string of the molecule is Cc1noc(-c2ccc(Br)cc2)c1O. The van der Waals surface area contributed by atoms with E-state index < -0.39 is 0 Å². The van der Waals surface area contributed by atoms with Crippen molar-refractivity contribution in [3.63, 3.8) is 0 Å². The van der Waals surface area contributed by atoms with Crippen LogP contribution in [0.5, 0.6) is 5.75 Å². The smallest absolute Gasteiger partial charge is 0.208 e. The van der Waals surface area contributed by atoms with Crippen LogP contribution in [0.4, 0.5) is 0 Å². The summed E-state index contributed by atoms with van der Waals surface area (Å²) in [7, 11) is 0. The lowest BCUT2D eigenvalue weighted by Crippen LogP contribution is -1.74. The van der Waals surface area contributed by atoms with Gasteiger partial charge in [-0.05, 0) is 31.2 Å². The first-order valence-electron chi connectivity index (χ1n) is 4.09. The van der Waals surface area contributed by atoms with Crippen molar-refractivity contribution in [2.75, 3.05) is 0 Å². The number of aromatic nitrogens is 1. The molecule has 1 N–H and O–H groups in total. The lowest BCUT2D eigenvalue weighted by atomic mass is 10.1. The molecule has 0 radical (unpaired) electrons. The molecule has 1 aromatic carbocycles. The van der Waals surface area contributed by atoms with Crippen molar-refractivity contribution in [3.05, 3.63) is 34.4 Å². The lowest BCUT2D eigenvalue weighted by Gasteiger charge is -1.96. The van der Waals surface area contributed by atoms with Crippen LogP contribution in [0.15, 0.2) is 33.3 Å². The zero-order valence-electron chi connectivity index (χ0n) is 7.49. The predicted octanol–water partition coefficient (Wildman–Crippen LogP) is 3.12. The Labute approximate surface area is 89.5 Å². The van der Waals surface area contributed by atoms with Gasteiger partial charge >= 0.3 is 0 Å². The number of benzene rings is 1. The molecule has 0 saturated heterocycles. The van der Waals surface area contributed by atoms with Gasteiger partial charge in [-0.3, -0.25) is 0 Å². The van der Waals surface area contributed by atoms with E-state index in [1.807, 2.05) is 24.3 Å². The van der Waals surface area contributed by atoms with Gasteiger partial charge in [0.05, 0.1) is 0 Å². The molecule has 14 heavy (non-hydrogen) atoms. The molecule has 0 unspecified atom stereocenters. The van der Waals surface area contributed by atoms with Crippen LogP contribution >= 0.6 is 15.9 Å². The van der Waals surface area contributed by atoms with Gasteiger partial charge in [0.2, 0.25) is 5.76 Å². The van der Waals surface area contributed by atoms with Crippen molar-refractivity contribution in [3.8, 4) is 17.1 Å². The molecule has 1 heterocycles. The van der Waals surface area contributed by atoms with E-state index in [0.717, 1.165) is 10.0 Å². The molecule has 2 aromatic rings. The summed E-state index contributed by atoms with van der Waals surface area (Å²) in [6.45, 7) is 1.70. The second-order valence-corrected chi connectivity index (χ2v) is 3.87. The quantitative estimate of drug-likeness (QED) is 0.850. The number of aryl methyl sites for hydroxylation is 1. The molecular weight excluding hydrogens is 246 g/mol. The number of aromatic hydroxyl groups is 1. The summed E-state index contributed by atoms with van der Waals surface area (Å²) in [4.78, 5) is 0. The third kappa shape index (κ3) is 1.53. The molecular formula is C10H8BrNO2. The number of nitrogens with zero attached hydrogens (tertiary/aromatic N) is 1. The second kappa shape index (κ2) is 3.46. The summed E-state index contributed by atoms with van der Waals surface area (Å²) in [5.74, 6) is 0.516. The average Bonchev–Trinajstić information content (AvgIpc) is 2.50. The summed E-state index contributed by atoms with van der Waals surface area (Å²) < 4.78 is 5.99. The van der Waals surface area contributed by atoms with Crippen molar-refractivity contribution < 1.29 is 9.63 Å². The van der Waals surface area contributed by atoms with Crippen molar-refractivity contribution in [2.24, 2.45) is 0 Å². The Morgan fingerprint density at radius 1 is 1.29 bits per heavy atom. The van der Waals surface area contributed by atoms with Crippen LogP contribution in [0.25, 0.3) is 11.3 Å². The van der Waals surface area contributed by atoms with Gasteiger partial charge in [-0.1, -0.05) is 21.1 Å². The molecule has 0 aliphatic rings. The summed E-state index contributed by atoms with van der Waals surface area (Å²) in [5.41, 5.74) is 1.31. The molecule has 0 bridgehead atoms. The Kier molecular flexibility index (Phi) is 2.29. The minimum Gasteiger partial charge on any atom is -0.503 e. The molecule has 1 aromatic heterocycles. The number of halogens is 1. The van der Waals surface area contributed by atoms with Gasteiger partial charge in [-0.25, -0.2) is 0 Å².